The van der Waals surface area contributed by atoms with Crippen molar-refractivity contribution in [3.63, 3.8) is 0 Å². The zero-order chi connectivity index (χ0) is 20.1. The van der Waals surface area contributed by atoms with Crippen molar-refractivity contribution >= 4 is 34.7 Å². The van der Waals surface area contributed by atoms with Crippen LogP contribution in [0.25, 0.3) is 0 Å². The van der Waals surface area contributed by atoms with E-state index < -0.39 is 0 Å². The molecule has 3 N–H and O–H groups in total. The minimum atomic E-state index is -0.316. The van der Waals surface area contributed by atoms with Crippen molar-refractivity contribution in [1.29, 1.82) is 0 Å². The van der Waals surface area contributed by atoms with E-state index in [2.05, 4.69) is 30.9 Å². The normalized spacial score (nSPS) is 13.1. The van der Waals surface area contributed by atoms with Crippen molar-refractivity contribution < 1.29 is 9.18 Å². The lowest BCUT2D eigenvalue weighted by Gasteiger charge is -2.13. The molecule has 2 heterocycles. The summed E-state index contributed by atoms with van der Waals surface area (Å²) in [7, 11) is 0. The molecule has 0 bridgehead atoms. The highest BCUT2D eigenvalue weighted by molar-refractivity contribution is 7.11. The number of rotatable bonds is 9. The average Bonchev–Trinajstić information content (AvgIpc) is 3.40. The fourth-order valence-electron chi connectivity index (χ4n) is 2.89. The van der Waals surface area contributed by atoms with Crippen LogP contribution in [-0.4, -0.2) is 33.9 Å². The van der Waals surface area contributed by atoms with Crippen LogP contribution in [0.5, 0.6) is 0 Å². The maximum atomic E-state index is 13.4. The number of hydrogen-bond donors (Lipinski definition) is 3. The second kappa shape index (κ2) is 8.95. The van der Waals surface area contributed by atoms with Gasteiger partial charge in [0.15, 0.2) is 0 Å². The van der Waals surface area contributed by atoms with E-state index in [1.165, 1.54) is 23.5 Å². The van der Waals surface area contributed by atoms with E-state index in [-0.39, 0.29) is 11.7 Å². The minimum Gasteiger partial charge on any atom is -0.370 e. The van der Waals surface area contributed by atoms with Gasteiger partial charge in [-0.25, -0.2) is 9.37 Å². The number of amides is 1. The van der Waals surface area contributed by atoms with Crippen LogP contribution in [0.15, 0.2) is 42.2 Å². The number of anilines is 3. The largest absolute Gasteiger partial charge is 0.370 e. The summed E-state index contributed by atoms with van der Waals surface area (Å²) < 4.78 is 13.4. The molecule has 1 saturated carbocycles. The molecular weight excluding hydrogens is 391 g/mol. The summed E-state index contributed by atoms with van der Waals surface area (Å²) in [6, 6.07) is 6.19. The molecule has 150 valence electrons. The molecule has 0 radical (unpaired) electrons. The number of halogens is 1. The fraction of sp³-hybridized carbons (Fsp3) is 0.300. The van der Waals surface area contributed by atoms with E-state index in [1.54, 1.807) is 23.8 Å². The van der Waals surface area contributed by atoms with Gasteiger partial charge in [-0.15, -0.1) is 11.3 Å². The first-order valence-corrected chi connectivity index (χ1v) is 10.4. The monoisotopic (exact) mass is 412 g/mol. The second-order valence-electron chi connectivity index (χ2n) is 6.81. The zero-order valence-electron chi connectivity index (χ0n) is 15.7. The third-order valence-corrected chi connectivity index (χ3v) is 5.27. The Morgan fingerprint density at radius 2 is 2.14 bits per heavy atom. The Bertz CT molecular complexity index is 977. The summed E-state index contributed by atoms with van der Waals surface area (Å²) in [5.74, 6) is 1.28. The summed E-state index contributed by atoms with van der Waals surface area (Å²) in [6.45, 7) is 1.22. The molecule has 29 heavy (non-hydrogen) atoms. The molecule has 2 aromatic heterocycles. The van der Waals surface area contributed by atoms with Crippen LogP contribution in [-0.2, 0) is 0 Å². The summed E-state index contributed by atoms with van der Waals surface area (Å²) >= 11 is 1.32. The lowest BCUT2D eigenvalue weighted by atomic mass is 10.2. The summed E-state index contributed by atoms with van der Waals surface area (Å²) in [5, 5.41) is 9.28. The molecule has 1 amide bonds. The maximum Gasteiger partial charge on any atom is 0.262 e. The van der Waals surface area contributed by atoms with Gasteiger partial charge in [0.05, 0.1) is 11.7 Å². The zero-order valence-corrected chi connectivity index (χ0v) is 16.5. The molecule has 0 spiro atoms. The van der Waals surface area contributed by atoms with Crippen molar-refractivity contribution in [2.45, 2.75) is 25.2 Å². The Hall–Kier alpha value is -3.07. The van der Waals surface area contributed by atoms with Gasteiger partial charge in [0, 0.05) is 30.5 Å². The molecule has 7 nitrogen and oxygen atoms in total. The molecule has 1 aliphatic carbocycles. The molecule has 0 aliphatic heterocycles. The van der Waals surface area contributed by atoms with E-state index in [9.17, 15) is 9.18 Å². The second-order valence-corrected chi connectivity index (χ2v) is 7.70. The standard InChI is InChI=1S/C20H21FN6OS/c21-14-3-1-4-15(9-14)26-20-25-10-16(13-5-6-13)18(27-20)23-7-2-8-24-19(28)17-11-22-12-29-17/h1,3-4,9-13H,2,5-8H2,(H,24,28)(H2,23,25,26,27). The van der Waals surface area contributed by atoms with Gasteiger partial charge < -0.3 is 16.0 Å². The third-order valence-electron chi connectivity index (χ3n) is 4.50. The predicted octanol–water partition coefficient (Wildman–Crippen LogP) is 3.93. The summed E-state index contributed by atoms with van der Waals surface area (Å²) in [6.07, 6.45) is 6.43. The van der Waals surface area contributed by atoms with Crippen LogP contribution in [0.2, 0.25) is 0 Å². The van der Waals surface area contributed by atoms with E-state index in [0.717, 1.165) is 30.6 Å². The Kier molecular flexibility index (Phi) is 5.95. The van der Waals surface area contributed by atoms with Crippen molar-refractivity contribution in [1.82, 2.24) is 20.3 Å². The highest BCUT2D eigenvalue weighted by Crippen LogP contribution is 2.42. The van der Waals surface area contributed by atoms with Crippen LogP contribution >= 0.6 is 11.3 Å². The highest BCUT2D eigenvalue weighted by Gasteiger charge is 2.27. The first kappa shape index (κ1) is 19.3. The van der Waals surface area contributed by atoms with Crippen molar-refractivity contribution in [2.75, 3.05) is 23.7 Å². The maximum absolute atomic E-state index is 13.4. The molecule has 1 fully saturated rings. The SMILES string of the molecule is O=C(NCCCNc1nc(Nc2cccc(F)c2)ncc1C1CC1)c1cncs1. The first-order chi connectivity index (χ1) is 14.2. The fourth-order valence-corrected chi connectivity index (χ4v) is 3.43. The summed E-state index contributed by atoms with van der Waals surface area (Å²) in [5.41, 5.74) is 3.34. The van der Waals surface area contributed by atoms with Crippen LogP contribution in [0.3, 0.4) is 0 Å². The molecule has 4 rings (SSSR count). The van der Waals surface area contributed by atoms with Gasteiger partial charge in [0.2, 0.25) is 5.95 Å². The lowest BCUT2D eigenvalue weighted by molar-refractivity contribution is 0.0957. The molecule has 0 saturated heterocycles. The topological polar surface area (TPSA) is 91.8 Å². The average molecular weight is 412 g/mol. The number of aromatic nitrogens is 3. The van der Waals surface area contributed by atoms with Crippen molar-refractivity contribution in [3.05, 3.63) is 58.4 Å². The lowest BCUT2D eigenvalue weighted by Crippen LogP contribution is -2.25. The van der Waals surface area contributed by atoms with E-state index in [0.29, 0.717) is 35.5 Å². The van der Waals surface area contributed by atoms with Crippen LogP contribution < -0.4 is 16.0 Å². The molecule has 9 heteroatoms. The molecule has 3 aromatic rings. The van der Waals surface area contributed by atoms with Crippen LogP contribution in [0.4, 0.5) is 21.8 Å². The van der Waals surface area contributed by atoms with E-state index in [4.69, 9.17) is 0 Å². The molecule has 0 atom stereocenters. The molecular formula is C20H21FN6OS. The smallest absolute Gasteiger partial charge is 0.262 e. The Morgan fingerprint density at radius 1 is 1.24 bits per heavy atom. The molecule has 1 aromatic carbocycles. The number of carbonyl (C=O) groups is 1. The van der Waals surface area contributed by atoms with Gasteiger partial charge in [-0.3, -0.25) is 9.78 Å². The van der Waals surface area contributed by atoms with Gasteiger partial charge in [0.25, 0.3) is 5.91 Å². The van der Waals surface area contributed by atoms with Gasteiger partial charge >= 0.3 is 0 Å². The number of thiazole rings is 1. The Morgan fingerprint density at radius 3 is 2.90 bits per heavy atom. The van der Waals surface area contributed by atoms with Gasteiger partial charge in [-0.1, -0.05) is 6.07 Å². The van der Waals surface area contributed by atoms with Crippen LogP contribution in [0.1, 0.15) is 40.4 Å². The number of carbonyl (C=O) groups excluding carboxylic acids is 1. The Balaban J connectivity index is 1.33. The number of nitrogens with one attached hydrogen (secondary N) is 3. The number of hydrogen-bond acceptors (Lipinski definition) is 7. The van der Waals surface area contributed by atoms with Crippen LogP contribution in [0, 0.1) is 5.82 Å². The molecule has 0 unspecified atom stereocenters. The van der Waals surface area contributed by atoms with Gasteiger partial charge in [-0.2, -0.15) is 4.98 Å². The van der Waals surface area contributed by atoms with Crippen molar-refractivity contribution in [3.8, 4) is 0 Å². The first-order valence-electron chi connectivity index (χ1n) is 9.49. The third kappa shape index (κ3) is 5.26. The van der Waals surface area contributed by atoms with Crippen molar-refractivity contribution in [2.24, 2.45) is 0 Å². The Labute approximate surface area is 171 Å². The molecule has 1 aliphatic rings. The van der Waals surface area contributed by atoms with E-state index >= 15 is 0 Å². The van der Waals surface area contributed by atoms with Gasteiger partial charge in [-0.05, 0) is 43.4 Å². The summed E-state index contributed by atoms with van der Waals surface area (Å²) in [4.78, 5) is 25.4. The van der Waals surface area contributed by atoms with E-state index in [1.807, 2.05) is 6.20 Å². The quantitative estimate of drug-likeness (QED) is 0.461. The number of benzene rings is 1. The number of nitrogens with zero attached hydrogens (tertiary/aromatic N) is 3. The minimum absolute atomic E-state index is 0.102. The highest BCUT2D eigenvalue weighted by atomic mass is 32.1. The van der Waals surface area contributed by atoms with Gasteiger partial charge in [0.1, 0.15) is 16.5 Å². The predicted molar refractivity (Wildman–Crippen MR) is 111 cm³/mol.